The fourth-order valence-corrected chi connectivity index (χ4v) is 2.37. The molecule has 0 saturated carbocycles. The van der Waals surface area contributed by atoms with E-state index in [1.807, 2.05) is 44.4 Å². The third kappa shape index (κ3) is 3.80. The maximum atomic E-state index is 5.84. The van der Waals surface area contributed by atoms with Crippen LogP contribution in [0, 0.1) is 6.92 Å². The van der Waals surface area contributed by atoms with Gasteiger partial charge in [-0.25, -0.2) is 0 Å². The zero-order chi connectivity index (χ0) is 15.1. The molecule has 1 heterocycles. The molecule has 0 amide bonds. The lowest BCUT2D eigenvalue weighted by Gasteiger charge is -2.21. The molecule has 4 nitrogen and oxygen atoms in total. The van der Waals surface area contributed by atoms with Crippen LogP contribution in [0.1, 0.15) is 22.9 Å². The Kier molecular flexibility index (Phi) is 5.72. The van der Waals surface area contributed by atoms with E-state index < -0.39 is 0 Å². The third-order valence-corrected chi connectivity index (χ3v) is 3.42. The zero-order valence-corrected chi connectivity index (χ0v) is 12.8. The zero-order valence-electron chi connectivity index (χ0n) is 12.8. The van der Waals surface area contributed by atoms with Gasteiger partial charge < -0.3 is 14.8 Å². The number of rotatable bonds is 7. The molecule has 0 fully saturated rings. The van der Waals surface area contributed by atoms with E-state index in [1.54, 1.807) is 7.11 Å². The van der Waals surface area contributed by atoms with Crippen LogP contribution in [0.3, 0.4) is 0 Å². The molecule has 0 aliphatic carbocycles. The van der Waals surface area contributed by atoms with Crippen molar-refractivity contribution < 1.29 is 9.47 Å². The van der Waals surface area contributed by atoms with E-state index >= 15 is 0 Å². The summed E-state index contributed by atoms with van der Waals surface area (Å²) >= 11 is 0. The third-order valence-electron chi connectivity index (χ3n) is 3.42. The van der Waals surface area contributed by atoms with Crippen LogP contribution in [-0.4, -0.2) is 32.4 Å². The minimum absolute atomic E-state index is 0.0532. The van der Waals surface area contributed by atoms with Crippen LogP contribution in [0.25, 0.3) is 0 Å². The Morgan fingerprint density at radius 2 is 1.86 bits per heavy atom. The van der Waals surface area contributed by atoms with E-state index in [2.05, 4.69) is 22.4 Å². The van der Waals surface area contributed by atoms with Crippen LogP contribution in [0.2, 0.25) is 0 Å². The van der Waals surface area contributed by atoms with Crippen molar-refractivity contribution in [1.82, 2.24) is 10.3 Å². The van der Waals surface area contributed by atoms with Crippen molar-refractivity contribution in [1.29, 1.82) is 0 Å². The minimum Gasteiger partial charge on any atom is -0.491 e. The number of ether oxygens (including phenoxy) is 2. The molecule has 0 bridgehead atoms. The lowest BCUT2D eigenvalue weighted by Crippen LogP contribution is -2.20. The van der Waals surface area contributed by atoms with Crippen molar-refractivity contribution in [2.45, 2.75) is 13.0 Å². The number of aromatic nitrogens is 1. The van der Waals surface area contributed by atoms with Gasteiger partial charge in [-0.1, -0.05) is 24.3 Å². The van der Waals surface area contributed by atoms with E-state index in [0.29, 0.717) is 13.2 Å². The van der Waals surface area contributed by atoms with E-state index in [4.69, 9.17) is 9.47 Å². The largest absolute Gasteiger partial charge is 0.491 e. The number of hydrogen-bond acceptors (Lipinski definition) is 4. The number of pyridine rings is 1. The van der Waals surface area contributed by atoms with Crippen molar-refractivity contribution in [2.75, 3.05) is 27.4 Å². The lowest BCUT2D eigenvalue weighted by molar-refractivity contribution is 0.145. The number of aryl methyl sites for hydroxylation is 1. The molecule has 1 atom stereocenters. The summed E-state index contributed by atoms with van der Waals surface area (Å²) < 4.78 is 10.9. The van der Waals surface area contributed by atoms with E-state index in [-0.39, 0.29) is 6.04 Å². The second kappa shape index (κ2) is 7.76. The summed E-state index contributed by atoms with van der Waals surface area (Å²) in [6.45, 7) is 3.13. The van der Waals surface area contributed by atoms with Gasteiger partial charge in [-0.05, 0) is 31.7 Å². The molecule has 0 aliphatic heterocycles. The van der Waals surface area contributed by atoms with E-state index in [9.17, 15) is 0 Å². The van der Waals surface area contributed by atoms with Crippen LogP contribution in [0.15, 0.2) is 42.6 Å². The molecular formula is C17H22N2O2. The summed E-state index contributed by atoms with van der Waals surface area (Å²) in [5.74, 6) is 0.872. The average Bonchev–Trinajstić information content (AvgIpc) is 2.51. The van der Waals surface area contributed by atoms with Gasteiger partial charge in [-0.2, -0.15) is 0 Å². The Morgan fingerprint density at radius 3 is 2.57 bits per heavy atom. The molecule has 1 unspecified atom stereocenters. The summed E-state index contributed by atoms with van der Waals surface area (Å²) in [5, 5.41) is 3.36. The number of nitrogens with zero attached hydrogens (tertiary/aromatic N) is 1. The molecule has 0 saturated heterocycles. The molecule has 0 aliphatic rings. The highest BCUT2D eigenvalue weighted by atomic mass is 16.5. The first-order valence-electron chi connectivity index (χ1n) is 7.07. The maximum absolute atomic E-state index is 5.84. The molecule has 1 aromatic heterocycles. The summed E-state index contributed by atoms with van der Waals surface area (Å²) in [5.41, 5.74) is 3.28. The van der Waals surface area contributed by atoms with Gasteiger partial charge in [0.1, 0.15) is 12.4 Å². The second-order valence-corrected chi connectivity index (χ2v) is 4.78. The molecule has 1 N–H and O–H groups in total. The standard InChI is InChI=1S/C17H22N2O2/c1-13-14(8-6-10-19-13)17(18-2)15-7-4-5-9-16(15)21-12-11-20-3/h4-10,17-18H,11-12H2,1-3H3. The van der Waals surface area contributed by atoms with Gasteiger partial charge in [-0.3, -0.25) is 4.98 Å². The first-order chi connectivity index (χ1) is 10.3. The van der Waals surface area contributed by atoms with Crippen molar-refractivity contribution >= 4 is 0 Å². The molecule has 21 heavy (non-hydrogen) atoms. The highest BCUT2D eigenvalue weighted by Crippen LogP contribution is 2.30. The molecule has 2 aromatic rings. The lowest BCUT2D eigenvalue weighted by atomic mass is 9.97. The van der Waals surface area contributed by atoms with Crippen molar-refractivity contribution in [3.63, 3.8) is 0 Å². The first-order valence-corrected chi connectivity index (χ1v) is 7.07. The van der Waals surface area contributed by atoms with Gasteiger partial charge in [0.2, 0.25) is 0 Å². The summed E-state index contributed by atoms with van der Waals surface area (Å²) in [6, 6.07) is 12.2. The highest BCUT2D eigenvalue weighted by Gasteiger charge is 2.18. The van der Waals surface area contributed by atoms with Gasteiger partial charge in [-0.15, -0.1) is 0 Å². The number of hydrogen-bond donors (Lipinski definition) is 1. The predicted molar refractivity (Wildman–Crippen MR) is 83.7 cm³/mol. The quantitative estimate of drug-likeness (QED) is 0.795. The van der Waals surface area contributed by atoms with Gasteiger partial charge in [0.05, 0.1) is 12.6 Å². The molecular weight excluding hydrogens is 264 g/mol. The Morgan fingerprint density at radius 1 is 1.10 bits per heavy atom. The van der Waals surface area contributed by atoms with Gasteiger partial charge in [0.25, 0.3) is 0 Å². The molecule has 4 heteroatoms. The topological polar surface area (TPSA) is 43.4 Å². The predicted octanol–water partition coefficient (Wildman–Crippen LogP) is 2.72. The minimum atomic E-state index is 0.0532. The van der Waals surface area contributed by atoms with Crippen LogP contribution in [-0.2, 0) is 4.74 Å². The van der Waals surface area contributed by atoms with Crippen LogP contribution in [0.4, 0.5) is 0 Å². The maximum Gasteiger partial charge on any atom is 0.124 e. The van der Waals surface area contributed by atoms with Crippen molar-refractivity contribution in [3.8, 4) is 5.75 Å². The van der Waals surface area contributed by atoms with Gasteiger partial charge >= 0.3 is 0 Å². The highest BCUT2D eigenvalue weighted by molar-refractivity contribution is 5.42. The smallest absolute Gasteiger partial charge is 0.124 e. The first kappa shape index (κ1) is 15.5. The second-order valence-electron chi connectivity index (χ2n) is 4.78. The van der Waals surface area contributed by atoms with Gasteiger partial charge in [0, 0.05) is 24.6 Å². The molecule has 2 rings (SSSR count). The van der Waals surface area contributed by atoms with E-state index in [0.717, 1.165) is 22.6 Å². The average molecular weight is 286 g/mol. The number of nitrogens with one attached hydrogen (secondary N) is 1. The Hall–Kier alpha value is -1.91. The van der Waals surface area contributed by atoms with E-state index in [1.165, 1.54) is 0 Å². The summed E-state index contributed by atoms with van der Waals surface area (Å²) in [7, 11) is 3.62. The fraction of sp³-hybridized carbons (Fsp3) is 0.353. The fourth-order valence-electron chi connectivity index (χ4n) is 2.37. The number of para-hydroxylation sites is 1. The van der Waals surface area contributed by atoms with Crippen LogP contribution >= 0.6 is 0 Å². The SMILES string of the molecule is CNC(c1ccccc1OCCOC)c1cccnc1C. The summed E-state index contributed by atoms with van der Waals surface area (Å²) in [6.07, 6.45) is 1.81. The Balaban J connectivity index is 2.32. The molecule has 0 spiro atoms. The Labute approximate surface area is 126 Å². The Bertz CT molecular complexity index is 572. The van der Waals surface area contributed by atoms with Gasteiger partial charge in [0.15, 0.2) is 0 Å². The van der Waals surface area contributed by atoms with Crippen LogP contribution < -0.4 is 10.1 Å². The molecule has 1 aromatic carbocycles. The van der Waals surface area contributed by atoms with Crippen LogP contribution in [0.5, 0.6) is 5.75 Å². The number of methoxy groups -OCH3 is 1. The van der Waals surface area contributed by atoms with Crippen molar-refractivity contribution in [3.05, 3.63) is 59.4 Å². The van der Waals surface area contributed by atoms with Crippen molar-refractivity contribution in [2.24, 2.45) is 0 Å². The molecule has 112 valence electrons. The monoisotopic (exact) mass is 286 g/mol. The normalized spacial score (nSPS) is 12.1. The summed E-state index contributed by atoms with van der Waals surface area (Å²) in [4.78, 5) is 4.38. The number of benzene rings is 1. The molecule has 0 radical (unpaired) electrons.